The van der Waals surface area contributed by atoms with Crippen molar-refractivity contribution in [1.82, 2.24) is 0 Å². The van der Waals surface area contributed by atoms with Crippen LogP contribution in [-0.4, -0.2) is 32.1 Å². The van der Waals surface area contributed by atoms with Crippen LogP contribution in [0.5, 0.6) is 0 Å². The van der Waals surface area contributed by atoms with Crippen molar-refractivity contribution in [2.75, 3.05) is 31.2 Å². The normalized spacial score (nSPS) is 15.0. The molecule has 3 nitrogen and oxygen atoms in total. The zero-order valence-corrected chi connectivity index (χ0v) is 13.8. The molecule has 1 saturated heterocycles. The van der Waals surface area contributed by atoms with Crippen LogP contribution in [-0.2, 0) is 4.74 Å². The smallest absolute Gasteiger partial charge is 0.185 e. The summed E-state index contributed by atoms with van der Waals surface area (Å²) in [5.74, 6) is -0.625. The Balaban J connectivity index is 1.73. The van der Waals surface area contributed by atoms with Crippen molar-refractivity contribution < 1.29 is 13.9 Å². The van der Waals surface area contributed by atoms with Gasteiger partial charge in [0, 0.05) is 23.7 Å². The van der Waals surface area contributed by atoms with Crippen molar-refractivity contribution in [1.29, 1.82) is 0 Å². The van der Waals surface area contributed by atoms with Crippen molar-refractivity contribution in [2.24, 2.45) is 0 Å². The van der Waals surface area contributed by atoms with E-state index < -0.39 is 0 Å². The Morgan fingerprint density at radius 2 is 1.83 bits per heavy atom. The van der Waals surface area contributed by atoms with Crippen LogP contribution in [0.1, 0.15) is 15.9 Å². The zero-order chi connectivity index (χ0) is 16.9. The fraction of sp³-hybridized carbons (Fsp3) is 0.211. The largest absolute Gasteiger partial charge is 0.378 e. The van der Waals surface area contributed by atoms with E-state index in [1.807, 2.05) is 17.0 Å². The summed E-state index contributed by atoms with van der Waals surface area (Å²) in [6.45, 7) is 2.48. The number of halogens is 2. The molecule has 1 aliphatic heterocycles. The summed E-state index contributed by atoms with van der Waals surface area (Å²) >= 11 is 5.82. The van der Waals surface area contributed by atoms with Gasteiger partial charge in [-0.15, -0.1) is 0 Å². The monoisotopic (exact) mass is 345 g/mol. The summed E-state index contributed by atoms with van der Waals surface area (Å²) in [5, 5.41) is 0.638. The molecule has 1 aliphatic rings. The van der Waals surface area contributed by atoms with Crippen LogP contribution < -0.4 is 4.90 Å². The van der Waals surface area contributed by atoms with Crippen molar-refractivity contribution in [3.63, 3.8) is 0 Å². The average molecular weight is 346 g/mol. The summed E-state index contributed by atoms with van der Waals surface area (Å²) in [6, 6.07) is 11.7. The molecule has 0 spiro atoms. The van der Waals surface area contributed by atoms with E-state index >= 15 is 0 Å². The van der Waals surface area contributed by atoms with Crippen LogP contribution in [0.4, 0.5) is 10.1 Å². The Kier molecular flexibility index (Phi) is 5.28. The number of carbonyl (C=O) groups excluding carboxylic acids is 1. The second-order valence-corrected chi connectivity index (χ2v) is 5.95. The SMILES string of the molecule is O=C(C=Cc1ccc(Cl)cc1)c1ccc(N2CCOCC2)c(F)c1. The summed E-state index contributed by atoms with van der Waals surface area (Å²) in [4.78, 5) is 14.1. The topological polar surface area (TPSA) is 29.5 Å². The van der Waals surface area contributed by atoms with Gasteiger partial charge in [0.05, 0.1) is 18.9 Å². The van der Waals surface area contributed by atoms with Gasteiger partial charge in [0.1, 0.15) is 5.82 Å². The maximum absolute atomic E-state index is 14.3. The number of hydrogen-bond acceptors (Lipinski definition) is 3. The lowest BCUT2D eigenvalue weighted by Crippen LogP contribution is -2.36. The molecule has 0 unspecified atom stereocenters. The second kappa shape index (κ2) is 7.60. The van der Waals surface area contributed by atoms with Gasteiger partial charge in [0.15, 0.2) is 5.78 Å². The number of nitrogens with zero attached hydrogens (tertiary/aromatic N) is 1. The fourth-order valence-corrected chi connectivity index (χ4v) is 2.69. The van der Waals surface area contributed by atoms with Gasteiger partial charge in [-0.1, -0.05) is 29.8 Å². The molecule has 0 radical (unpaired) electrons. The van der Waals surface area contributed by atoms with E-state index in [4.69, 9.17) is 16.3 Å². The first-order valence-electron chi connectivity index (χ1n) is 7.74. The molecule has 5 heteroatoms. The predicted octanol–water partition coefficient (Wildman–Crippen LogP) is 4.21. The van der Waals surface area contributed by atoms with Crippen molar-refractivity contribution in [3.05, 3.63) is 70.5 Å². The minimum atomic E-state index is -0.386. The Hall–Kier alpha value is -2.17. The quantitative estimate of drug-likeness (QED) is 0.614. The van der Waals surface area contributed by atoms with E-state index in [1.54, 1.807) is 30.3 Å². The van der Waals surface area contributed by atoms with Crippen LogP contribution in [0, 0.1) is 5.82 Å². The Morgan fingerprint density at radius 3 is 2.50 bits per heavy atom. The third-order valence-corrected chi connectivity index (χ3v) is 4.13. The first-order chi connectivity index (χ1) is 11.6. The Bertz CT molecular complexity index is 752. The average Bonchev–Trinajstić information content (AvgIpc) is 2.61. The molecule has 1 fully saturated rings. The number of ether oxygens (including phenoxy) is 1. The number of rotatable bonds is 4. The van der Waals surface area contributed by atoms with E-state index in [2.05, 4.69) is 0 Å². The van der Waals surface area contributed by atoms with Crippen LogP contribution in [0.3, 0.4) is 0 Å². The van der Waals surface area contributed by atoms with Gasteiger partial charge in [-0.3, -0.25) is 4.79 Å². The number of anilines is 1. The maximum Gasteiger partial charge on any atom is 0.185 e. The first kappa shape index (κ1) is 16.7. The van der Waals surface area contributed by atoms with E-state index in [1.165, 1.54) is 12.1 Å². The third kappa shape index (κ3) is 4.02. The van der Waals surface area contributed by atoms with Crippen LogP contribution in [0.2, 0.25) is 5.02 Å². The maximum atomic E-state index is 14.3. The molecule has 0 amide bonds. The molecule has 124 valence electrons. The molecule has 0 saturated carbocycles. The van der Waals surface area contributed by atoms with E-state index in [0.717, 1.165) is 5.56 Å². The number of allylic oxidation sites excluding steroid dienone is 1. The summed E-state index contributed by atoms with van der Waals surface area (Å²) in [5.41, 5.74) is 1.70. The Morgan fingerprint density at radius 1 is 1.12 bits per heavy atom. The van der Waals surface area contributed by atoms with Crippen LogP contribution >= 0.6 is 11.6 Å². The van der Waals surface area contributed by atoms with Gasteiger partial charge in [0.2, 0.25) is 0 Å². The highest BCUT2D eigenvalue weighted by Gasteiger charge is 2.16. The predicted molar refractivity (Wildman–Crippen MR) is 94.2 cm³/mol. The molecular weight excluding hydrogens is 329 g/mol. The number of ketones is 1. The molecule has 1 heterocycles. The number of morpholine rings is 1. The molecule has 2 aromatic carbocycles. The summed E-state index contributed by atoms with van der Waals surface area (Å²) < 4.78 is 19.6. The molecule has 2 aromatic rings. The summed E-state index contributed by atoms with van der Waals surface area (Å²) in [7, 11) is 0. The van der Waals surface area contributed by atoms with E-state index in [0.29, 0.717) is 42.6 Å². The van der Waals surface area contributed by atoms with Crippen LogP contribution in [0.15, 0.2) is 48.5 Å². The fourth-order valence-electron chi connectivity index (χ4n) is 2.56. The highest BCUT2D eigenvalue weighted by atomic mass is 35.5. The second-order valence-electron chi connectivity index (χ2n) is 5.51. The molecule has 0 aromatic heterocycles. The minimum absolute atomic E-state index is 0.239. The zero-order valence-electron chi connectivity index (χ0n) is 13.0. The lowest BCUT2D eigenvalue weighted by Gasteiger charge is -2.29. The van der Waals surface area contributed by atoms with Gasteiger partial charge in [-0.2, -0.15) is 0 Å². The minimum Gasteiger partial charge on any atom is -0.378 e. The molecule has 0 bridgehead atoms. The van der Waals surface area contributed by atoms with E-state index in [9.17, 15) is 9.18 Å². The van der Waals surface area contributed by atoms with Crippen molar-refractivity contribution >= 4 is 29.1 Å². The van der Waals surface area contributed by atoms with E-state index in [-0.39, 0.29) is 11.6 Å². The molecule has 0 N–H and O–H groups in total. The highest BCUT2D eigenvalue weighted by molar-refractivity contribution is 6.30. The summed E-state index contributed by atoms with van der Waals surface area (Å²) in [6.07, 6.45) is 3.12. The van der Waals surface area contributed by atoms with Crippen LogP contribution in [0.25, 0.3) is 6.08 Å². The van der Waals surface area contributed by atoms with Gasteiger partial charge in [-0.25, -0.2) is 4.39 Å². The number of hydrogen-bond donors (Lipinski definition) is 0. The molecule has 3 rings (SSSR count). The standard InChI is InChI=1S/C19H17ClFNO2/c20-16-5-1-14(2-6-16)3-8-19(23)15-4-7-18(17(21)13-15)22-9-11-24-12-10-22/h1-8,13H,9-12H2. The van der Waals surface area contributed by atoms with Crippen molar-refractivity contribution in [3.8, 4) is 0 Å². The molecular formula is C19H17ClFNO2. The highest BCUT2D eigenvalue weighted by Crippen LogP contribution is 2.22. The third-order valence-electron chi connectivity index (χ3n) is 3.88. The van der Waals surface area contributed by atoms with Gasteiger partial charge >= 0.3 is 0 Å². The first-order valence-corrected chi connectivity index (χ1v) is 8.11. The lowest BCUT2D eigenvalue weighted by atomic mass is 10.1. The Labute approximate surface area is 145 Å². The lowest BCUT2D eigenvalue weighted by molar-refractivity contribution is 0.104. The van der Waals surface area contributed by atoms with Gasteiger partial charge in [-0.05, 0) is 42.0 Å². The molecule has 24 heavy (non-hydrogen) atoms. The molecule has 0 aliphatic carbocycles. The van der Waals surface area contributed by atoms with Crippen molar-refractivity contribution in [2.45, 2.75) is 0 Å². The molecule has 0 atom stereocenters. The number of benzene rings is 2. The number of carbonyl (C=O) groups is 1. The van der Waals surface area contributed by atoms with Gasteiger partial charge in [0.25, 0.3) is 0 Å². The van der Waals surface area contributed by atoms with Gasteiger partial charge < -0.3 is 9.64 Å².